The van der Waals surface area contributed by atoms with Gasteiger partial charge in [-0.2, -0.15) is 0 Å². The summed E-state index contributed by atoms with van der Waals surface area (Å²) in [5.74, 6) is 0.693. The Hall–Kier alpha value is -0.380. The third kappa shape index (κ3) is 15.2. The number of hydrogen-bond acceptors (Lipinski definition) is 3. The van der Waals surface area contributed by atoms with Crippen LogP contribution in [0.15, 0.2) is 12.2 Å². The zero-order chi connectivity index (χ0) is 18.0. The summed E-state index contributed by atoms with van der Waals surface area (Å²) < 4.78 is 0. The van der Waals surface area contributed by atoms with Crippen molar-refractivity contribution in [2.45, 2.75) is 91.1 Å². The van der Waals surface area contributed by atoms with Gasteiger partial charge in [-0.25, -0.2) is 0 Å². The Labute approximate surface area is 151 Å². The lowest BCUT2D eigenvalue weighted by atomic mass is 10.0. The first-order valence-electron chi connectivity index (χ1n) is 10.3. The van der Waals surface area contributed by atoms with E-state index in [-0.39, 0.29) is 12.7 Å². The molecule has 0 heterocycles. The SMILES string of the molecule is CCCCCC[C@H](O)CN(CC/C=C/CCO)CC(C)CCCC. The molecular weight excluding hydrogens is 298 g/mol. The van der Waals surface area contributed by atoms with E-state index in [9.17, 15) is 5.11 Å². The van der Waals surface area contributed by atoms with Gasteiger partial charge in [-0.3, -0.25) is 0 Å². The molecule has 0 fully saturated rings. The fraction of sp³-hybridized carbons (Fsp3) is 0.905. The largest absolute Gasteiger partial charge is 0.396 e. The Bertz CT molecular complexity index is 281. The lowest BCUT2D eigenvalue weighted by Crippen LogP contribution is -2.36. The summed E-state index contributed by atoms with van der Waals surface area (Å²) in [6, 6.07) is 0. The molecule has 2 atom stereocenters. The molecule has 0 amide bonds. The predicted octanol–water partition coefficient (Wildman–Crippen LogP) is 4.77. The molecule has 0 aromatic heterocycles. The maximum Gasteiger partial charge on any atom is 0.0667 e. The molecule has 1 unspecified atom stereocenters. The van der Waals surface area contributed by atoms with Gasteiger partial charge in [0, 0.05) is 26.2 Å². The van der Waals surface area contributed by atoms with E-state index in [0.717, 1.165) is 45.3 Å². The van der Waals surface area contributed by atoms with Gasteiger partial charge in [0.2, 0.25) is 0 Å². The van der Waals surface area contributed by atoms with Gasteiger partial charge in [0.25, 0.3) is 0 Å². The number of rotatable bonds is 17. The normalized spacial score (nSPS) is 14.6. The summed E-state index contributed by atoms with van der Waals surface area (Å²) >= 11 is 0. The molecule has 3 nitrogen and oxygen atoms in total. The van der Waals surface area contributed by atoms with Gasteiger partial charge >= 0.3 is 0 Å². The molecule has 0 aromatic carbocycles. The summed E-state index contributed by atoms with van der Waals surface area (Å²) in [5, 5.41) is 19.2. The highest BCUT2D eigenvalue weighted by Gasteiger charge is 2.14. The molecule has 0 aliphatic rings. The molecular formula is C21H43NO2. The monoisotopic (exact) mass is 341 g/mol. The molecule has 0 radical (unpaired) electrons. The summed E-state index contributed by atoms with van der Waals surface area (Å²) in [7, 11) is 0. The zero-order valence-corrected chi connectivity index (χ0v) is 16.6. The highest BCUT2D eigenvalue weighted by Crippen LogP contribution is 2.12. The number of aliphatic hydroxyl groups excluding tert-OH is 2. The van der Waals surface area contributed by atoms with E-state index in [1.54, 1.807) is 0 Å². The third-order valence-electron chi connectivity index (χ3n) is 4.55. The topological polar surface area (TPSA) is 43.7 Å². The Morgan fingerprint density at radius 3 is 2.25 bits per heavy atom. The fourth-order valence-corrected chi connectivity index (χ4v) is 3.11. The van der Waals surface area contributed by atoms with E-state index in [1.807, 2.05) is 0 Å². The smallest absolute Gasteiger partial charge is 0.0667 e. The van der Waals surface area contributed by atoms with Crippen molar-refractivity contribution in [2.24, 2.45) is 5.92 Å². The number of aliphatic hydroxyl groups is 2. The number of unbranched alkanes of at least 4 members (excludes halogenated alkanes) is 4. The van der Waals surface area contributed by atoms with Crippen LogP contribution in [0.4, 0.5) is 0 Å². The van der Waals surface area contributed by atoms with Crippen LogP contribution in [0.1, 0.15) is 85.0 Å². The molecule has 0 aliphatic heterocycles. The molecule has 0 saturated carbocycles. The van der Waals surface area contributed by atoms with Crippen molar-refractivity contribution in [2.75, 3.05) is 26.2 Å². The lowest BCUT2D eigenvalue weighted by molar-refractivity contribution is 0.0951. The lowest BCUT2D eigenvalue weighted by Gasteiger charge is -2.27. The Morgan fingerprint density at radius 1 is 0.875 bits per heavy atom. The highest BCUT2D eigenvalue weighted by molar-refractivity contribution is 4.83. The van der Waals surface area contributed by atoms with Crippen molar-refractivity contribution >= 4 is 0 Å². The van der Waals surface area contributed by atoms with Gasteiger partial charge in [-0.15, -0.1) is 0 Å². The van der Waals surface area contributed by atoms with Gasteiger partial charge in [0.05, 0.1) is 6.10 Å². The Kier molecular flexibility index (Phi) is 17.2. The van der Waals surface area contributed by atoms with E-state index in [2.05, 4.69) is 37.8 Å². The minimum atomic E-state index is -0.193. The van der Waals surface area contributed by atoms with Crippen LogP contribution < -0.4 is 0 Å². The van der Waals surface area contributed by atoms with Crippen LogP contribution in [0.2, 0.25) is 0 Å². The van der Waals surface area contributed by atoms with E-state index in [4.69, 9.17) is 5.11 Å². The van der Waals surface area contributed by atoms with Crippen LogP contribution in [-0.4, -0.2) is 47.5 Å². The van der Waals surface area contributed by atoms with E-state index in [0.29, 0.717) is 5.92 Å². The summed E-state index contributed by atoms with van der Waals surface area (Å²) in [6.45, 7) is 9.92. The first-order chi connectivity index (χ1) is 11.6. The first kappa shape index (κ1) is 23.6. The van der Waals surface area contributed by atoms with Gasteiger partial charge in [0.1, 0.15) is 0 Å². The maximum atomic E-state index is 10.4. The van der Waals surface area contributed by atoms with Crippen LogP contribution in [-0.2, 0) is 0 Å². The Balaban J connectivity index is 4.22. The second-order valence-corrected chi connectivity index (χ2v) is 7.28. The average Bonchev–Trinajstić information content (AvgIpc) is 2.56. The summed E-state index contributed by atoms with van der Waals surface area (Å²) in [5.41, 5.74) is 0. The summed E-state index contributed by atoms with van der Waals surface area (Å²) in [4.78, 5) is 2.44. The zero-order valence-electron chi connectivity index (χ0n) is 16.6. The standard InChI is InChI=1S/C21H43NO2/c1-4-6-8-11-15-21(24)19-22(16-12-9-10-13-17-23)18-20(3)14-7-5-2/h9-10,20-21,23-24H,4-8,11-19H2,1-3H3/b10-9+/t20?,21-/m0/s1. The number of nitrogens with zero attached hydrogens (tertiary/aromatic N) is 1. The van der Waals surface area contributed by atoms with Crippen LogP contribution in [0, 0.1) is 5.92 Å². The minimum Gasteiger partial charge on any atom is -0.396 e. The fourth-order valence-electron chi connectivity index (χ4n) is 3.11. The molecule has 0 rings (SSSR count). The van der Waals surface area contributed by atoms with Crippen molar-refractivity contribution in [3.05, 3.63) is 12.2 Å². The van der Waals surface area contributed by atoms with Gasteiger partial charge in [0.15, 0.2) is 0 Å². The molecule has 0 aliphatic carbocycles. The van der Waals surface area contributed by atoms with E-state index in [1.165, 1.54) is 38.5 Å². The quantitative estimate of drug-likeness (QED) is 0.296. The number of hydrogen-bond donors (Lipinski definition) is 2. The van der Waals surface area contributed by atoms with Gasteiger partial charge < -0.3 is 15.1 Å². The first-order valence-corrected chi connectivity index (χ1v) is 10.3. The molecule has 0 saturated heterocycles. The minimum absolute atomic E-state index is 0.193. The predicted molar refractivity (Wildman–Crippen MR) is 105 cm³/mol. The van der Waals surface area contributed by atoms with Crippen molar-refractivity contribution < 1.29 is 10.2 Å². The molecule has 0 aromatic rings. The van der Waals surface area contributed by atoms with Gasteiger partial charge in [-0.05, 0) is 31.6 Å². The van der Waals surface area contributed by atoms with Crippen molar-refractivity contribution in [1.29, 1.82) is 0 Å². The Morgan fingerprint density at radius 2 is 1.58 bits per heavy atom. The summed E-state index contributed by atoms with van der Waals surface area (Å²) in [6.07, 6.45) is 15.4. The van der Waals surface area contributed by atoms with Crippen LogP contribution >= 0.6 is 0 Å². The maximum absolute atomic E-state index is 10.4. The second kappa shape index (κ2) is 17.4. The van der Waals surface area contributed by atoms with Crippen LogP contribution in [0.3, 0.4) is 0 Å². The van der Waals surface area contributed by atoms with Crippen molar-refractivity contribution in [1.82, 2.24) is 4.90 Å². The third-order valence-corrected chi connectivity index (χ3v) is 4.55. The van der Waals surface area contributed by atoms with Crippen molar-refractivity contribution in [3.63, 3.8) is 0 Å². The van der Waals surface area contributed by atoms with Crippen LogP contribution in [0.25, 0.3) is 0 Å². The molecule has 2 N–H and O–H groups in total. The van der Waals surface area contributed by atoms with E-state index >= 15 is 0 Å². The average molecular weight is 342 g/mol. The molecule has 0 bridgehead atoms. The van der Waals surface area contributed by atoms with Crippen molar-refractivity contribution in [3.8, 4) is 0 Å². The van der Waals surface area contributed by atoms with Crippen LogP contribution in [0.5, 0.6) is 0 Å². The molecule has 24 heavy (non-hydrogen) atoms. The molecule has 144 valence electrons. The van der Waals surface area contributed by atoms with E-state index < -0.39 is 0 Å². The highest BCUT2D eigenvalue weighted by atomic mass is 16.3. The molecule has 0 spiro atoms. The molecule has 3 heteroatoms. The van der Waals surface area contributed by atoms with Gasteiger partial charge in [-0.1, -0.05) is 71.4 Å². The second-order valence-electron chi connectivity index (χ2n) is 7.28.